The second-order valence-corrected chi connectivity index (χ2v) is 9.02. The standard InChI is InChI=1S/C26H28O6S/c1-16(2)12-13-32-22-11-8-18(14-21(22)27)24-23(30-3)15-20(26(31-4)25(24)28)17-6-9-19(10-7-17)33(5)29/h6-12,14-15,27-28H,13H2,1-5H3. The molecule has 3 aromatic carbocycles. The van der Waals surface area contributed by atoms with Crippen molar-refractivity contribution in [1.29, 1.82) is 0 Å². The summed E-state index contributed by atoms with van der Waals surface area (Å²) in [6.45, 7) is 4.28. The number of rotatable bonds is 8. The van der Waals surface area contributed by atoms with Crippen LogP contribution >= 0.6 is 0 Å². The van der Waals surface area contributed by atoms with Gasteiger partial charge in [-0.1, -0.05) is 23.8 Å². The molecule has 0 spiro atoms. The van der Waals surface area contributed by atoms with E-state index >= 15 is 0 Å². The van der Waals surface area contributed by atoms with Gasteiger partial charge in [-0.25, -0.2) is 0 Å². The summed E-state index contributed by atoms with van der Waals surface area (Å²) >= 11 is 0. The molecule has 0 aliphatic heterocycles. The average Bonchev–Trinajstić information content (AvgIpc) is 2.79. The van der Waals surface area contributed by atoms with Gasteiger partial charge in [0.15, 0.2) is 23.0 Å². The van der Waals surface area contributed by atoms with E-state index in [1.807, 2.05) is 32.1 Å². The van der Waals surface area contributed by atoms with E-state index in [0.717, 1.165) is 11.1 Å². The van der Waals surface area contributed by atoms with E-state index in [2.05, 4.69) is 0 Å². The van der Waals surface area contributed by atoms with Crippen LogP contribution < -0.4 is 14.2 Å². The lowest BCUT2D eigenvalue weighted by atomic mass is 9.96. The van der Waals surface area contributed by atoms with Gasteiger partial charge < -0.3 is 24.4 Å². The van der Waals surface area contributed by atoms with E-state index in [0.29, 0.717) is 39.7 Å². The van der Waals surface area contributed by atoms with E-state index in [-0.39, 0.29) is 17.2 Å². The quantitative estimate of drug-likeness (QED) is 0.423. The van der Waals surface area contributed by atoms with E-state index < -0.39 is 10.8 Å². The van der Waals surface area contributed by atoms with Gasteiger partial charge in [0.1, 0.15) is 12.4 Å². The van der Waals surface area contributed by atoms with Crippen molar-refractivity contribution in [3.63, 3.8) is 0 Å². The van der Waals surface area contributed by atoms with Crippen molar-refractivity contribution in [2.24, 2.45) is 0 Å². The van der Waals surface area contributed by atoms with Crippen molar-refractivity contribution < 1.29 is 28.6 Å². The second-order valence-electron chi connectivity index (χ2n) is 7.64. The normalized spacial score (nSPS) is 11.5. The van der Waals surface area contributed by atoms with Crippen LogP contribution in [-0.2, 0) is 10.8 Å². The number of phenols is 2. The van der Waals surface area contributed by atoms with Gasteiger partial charge in [0.25, 0.3) is 0 Å². The fourth-order valence-corrected chi connectivity index (χ4v) is 3.93. The van der Waals surface area contributed by atoms with Crippen LogP contribution in [0.4, 0.5) is 0 Å². The number of ether oxygens (including phenoxy) is 3. The van der Waals surface area contributed by atoms with Gasteiger partial charge in [0.2, 0.25) is 0 Å². The highest BCUT2D eigenvalue weighted by Gasteiger charge is 2.22. The Bertz CT molecular complexity index is 1190. The molecule has 0 heterocycles. The first kappa shape index (κ1) is 24.2. The molecule has 174 valence electrons. The predicted octanol–water partition coefficient (Wildman–Crippen LogP) is 5.53. The van der Waals surface area contributed by atoms with Crippen LogP contribution in [0.3, 0.4) is 0 Å². The fraction of sp³-hybridized carbons (Fsp3) is 0.231. The molecule has 33 heavy (non-hydrogen) atoms. The number of phenolic OH excluding ortho intramolecular Hbond substituents is 2. The molecule has 0 bridgehead atoms. The summed E-state index contributed by atoms with van der Waals surface area (Å²) < 4.78 is 28.4. The lowest BCUT2D eigenvalue weighted by molar-refractivity contribution is 0.335. The maximum absolute atomic E-state index is 11.7. The monoisotopic (exact) mass is 468 g/mol. The molecule has 0 aliphatic rings. The van der Waals surface area contributed by atoms with Crippen molar-refractivity contribution >= 4 is 10.8 Å². The Morgan fingerprint density at radius 3 is 2.15 bits per heavy atom. The Morgan fingerprint density at radius 1 is 0.939 bits per heavy atom. The Labute approximate surface area is 196 Å². The Balaban J connectivity index is 2.07. The second kappa shape index (κ2) is 10.4. The Morgan fingerprint density at radius 2 is 1.61 bits per heavy atom. The Hall–Kier alpha value is -3.45. The number of aromatic hydroxyl groups is 2. The third-order valence-electron chi connectivity index (χ3n) is 5.12. The maximum atomic E-state index is 11.7. The van der Waals surface area contributed by atoms with Gasteiger partial charge in [-0.3, -0.25) is 4.21 Å². The topological polar surface area (TPSA) is 85.2 Å². The van der Waals surface area contributed by atoms with Crippen LogP contribution in [0.15, 0.2) is 65.1 Å². The zero-order valence-electron chi connectivity index (χ0n) is 19.3. The first-order valence-electron chi connectivity index (χ1n) is 10.3. The van der Waals surface area contributed by atoms with Crippen LogP contribution in [0.2, 0.25) is 0 Å². The molecule has 1 unspecified atom stereocenters. The highest BCUT2D eigenvalue weighted by molar-refractivity contribution is 7.84. The zero-order chi connectivity index (χ0) is 24.1. The number of allylic oxidation sites excluding steroid dienone is 1. The summed E-state index contributed by atoms with van der Waals surface area (Å²) in [5, 5.41) is 21.6. The van der Waals surface area contributed by atoms with Gasteiger partial charge in [-0.15, -0.1) is 0 Å². The number of hydrogen-bond acceptors (Lipinski definition) is 6. The van der Waals surface area contributed by atoms with Gasteiger partial charge in [0.05, 0.1) is 19.8 Å². The van der Waals surface area contributed by atoms with Crippen molar-refractivity contribution in [2.75, 3.05) is 27.1 Å². The Kier molecular flexibility index (Phi) is 7.66. The summed E-state index contributed by atoms with van der Waals surface area (Å²) in [7, 11) is 1.89. The third kappa shape index (κ3) is 5.31. The van der Waals surface area contributed by atoms with Crippen molar-refractivity contribution in [1.82, 2.24) is 0 Å². The smallest absolute Gasteiger partial charge is 0.170 e. The molecule has 1 atom stereocenters. The molecular weight excluding hydrogens is 440 g/mol. The number of hydrogen-bond donors (Lipinski definition) is 2. The molecule has 2 N–H and O–H groups in total. The summed E-state index contributed by atoms with van der Waals surface area (Å²) in [4.78, 5) is 0.702. The molecule has 0 radical (unpaired) electrons. The first-order valence-corrected chi connectivity index (χ1v) is 11.8. The highest BCUT2D eigenvalue weighted by atomic mass is 32.2. The minimum atomic E-state index is -1.09. The summed E-state index contributed by atoms with van der Waals surface area (Å²) in [6.07, 6.45) is 3.53. The van der Waals surface area contributed by atoms with Crippen LogP contribution in [-0.4, -0.2) is 41.5 Å². The van der Waals surface area contributed by atoms with Gasteiger partial charge >= 0.3 is 0 Å². The molecule has 0 aromatic heterocycles. The molecule has 3 rings (SSSR count). The molecule has 6 nitrogen and oxygen atoms in total. The van der Waals surface area contributed by atoms with Crippen LogP contribution in [0.5, 0.6) is 28.7 Å². The van der Waals surface area contributed by atoms with Crippen LogP contribution in [0, 0.1) is 0 Å². The summed E-state index contributed by atoms with van der Waals surface area (Å²) in [5.74, 6) is 0.838. The van der Waals surface area contributed by atoms with Crippen LogP contribution in [0.25, 0.3) is 22.3 Å². The zero-order valence-corrected chi connectivity index (χ0v) is 20.2. The van der Waals surface area contributed by atoms with E-state index in [4.69, 9.17) is 14.2 Å². The molecular formula is C26H28O6S. The molecule has 3 aromatic rings. The SMILES string of the molecule is COc1cc(-c2ccc(S(C)=O)cc2)c(OC)c(O)c1-c1ccc(OCC=C(C)C)c(O)c1. The van der Waals surface area contributed by atoms with Gasteiger partial charge in [-0.05, 0) is 61.4 Å². The van der Waals surface area contributed by atoms with Crippen molar-refractivity contribution in [2.45, 2.75) is 18.7 Å². The fourth-order valence-electron chi connectivity index (χ4n) is 3.41. The number of benzene rings is 3. The van der Waals surface area contributed by atoms with Gasteiger partial charge in [-0.2, -0.15) is 0 Å². The van der Waals surface area contributed by atoms with E-state index in [1.165, 1.54) is 20.3 Å². The lowest BCUT2D eigenvalue weighted by Crippen LogP contribution is -1.97. The third-order valence-corrected chi connectivity index (χ3v) is 6.05. The summed E-state index contributed by atoms with van der Waals surface area (Å²) in [5.41, 5.74) is 3.43. The van der Waals surface area contributed by atoms with Crippen molar-refractivity contribution in [3.8, 4) is 51.0 Å². The minimum Gasteiger partial charge on any atom is -0.504 e. The molecule has 7 heteroatoms. The average molecular weight is 469 g/mol. The molecule has 0 saturated carbocycles. The van der Waals surface area contributed by atoms with E-state index in [9.17, 15) is 14.4 Å². The largest absolute Gasteiger partial charge is 0.504 e. The lowest BCUT2D eigenvalue weighted by Gasteiger charge is -2.18. The molecule has 0 fully saturated rings. The number of methoxy groups -OCH3 is 2. The highest BCUT2D eigenvalue weighted by Crippen LogP contribution is 2.50. The van der Waals surface area contributed by atoms with E-state index in [1.54, 1.807) is 36.6 Å². The molecule has 0 saturated heterocycles. The van der Waals surface area contributed by atoms with Crippen molar-refractivity contribution in [3.05, 3.63) is 60.2 Å². The molecule has 0 aliphatic carbocycles. The first-order chi connectivity index (χ1) is 15.8. The minimum absolute atomic E-state index is 0.0534. The van der Waals surface area contributed by atoms with Crippen LogP contribution in [0.1, 0.15) is 13.8 Å². The van der Waals surface area contributed by atoms with Gasteiger partial charge in [0, 0.05) is 27.5 Å². The molecule has 0 amide bonds. The maximum Gasteiger partial charge on any atom is 0.170 e. The predicted molar refractivity (Wildman–Crippen MR) is 131 cm³/mol. The summed E-state index contributed by atoms with van der Waals surface area (Å²) in [6, 6.07) is 13.8.